The first-order valence-corrected chi connectivity index (χ1v) is 3.39. The van der Waals surface area contributed by atoms with E-state index in [4.69, 9.17) is 10.1 Å². The minimum absolute atomic E-state index is 0.248. The maximum absolute atomic E-state index is 8.35. The number of hydrogen-bond donors (Lipinski definition) is 1. The Morgan fingerprint density at radius 1 is 1.50 bits per heavy atom. The van der Waals surface area contributed by atoms with E-state index in [9.17, 15) is 0 Å². The highest BCUT2D eigenvalue weighted by molar-refractivity contribution is 4.65. The van der Waals surface area contributed by atoms with Gasteiger partial charge in [0.05, 0.1) is 6.61 Å². The van der Waals surface area contributed by atoms with Crippen LogP contribution in [0.1, 0.15) is 13.3 Å². The second-order valence-electron chi connectivity index (χ2n) is 2.52. The molecule has 0 aromatic carbocycles. The van der Waals surface area contributed by atoms with Crippen LogP contribution in [-0.4, -0.2) is 24.6 Å². The lowest BCUT2D eigenvalue weighted by Crippen LogP contribution is -2.23. The summed E-state index contributed by atoms with van der Waals surface area (Å²) >= 11 is 0. The highest BCUT2D eigenvalue weighted by Gasteiger charge is 2.21. The Balaban J connectivity index is 2.35. The van der Waals surface area contributed by atoms with E-state index in [0.29, 0.717) is 13.2 Å². The molecule has 1 rings (SSSR count). The van der Waals surface area contributed by atoms with Gasteiger partial charge in [-0.15, -0.1) is 0 Å². The minimum Gasteiger partial charge on any atom is -0.251 e. The highest BCUT2D eigenvalue weighted by atomic mass is 17.2. The quantitative estimate of drug-likeness (QED) is 0.442. The van der Waals surface area contributed by atoms with Crippen LogP contribution in [0.25, 0.3) is 0 Å². The second-order valence-corrected chi connectivity index (χ2v) is 2.52. The van der Waals surface area contributed by atoms with Crippen molar-refractivity contribution < 1.29 is 19.9 Å². The van der Waals surface area contributed by atoms with Gasteiger partial charge < -0.3 is 0 Å². The fraction of sp³-hybridized carbons (Fsp3) is 1.00. The molecule has 10 heavy (non-hydrogen) atoms. The molecule has 0 amide bonds. The summed E-state index contributed by atoms with van der Waals surface area (Å²) in [5.41, 5.74) is 0. The molecule has 2 unspecified atom stereocenters. The molecule has 1 fully saturated rings. The molecule has 2 atom stereocenters. The molecule has 0 spiro atoms. The Morgan fingerprint density at radius 2 is 2.30 bits per heavy atom. The van der Waals surface area contributed by atoms with Gasteiger partial charge in [-0.25, -0.2) is 14.7 Å². The van der Waals surface area contributed by atoms with Crippen LogP contribution in [0.2, 0.25) is 0 Å². The standard InChI is InChI=1S/C6H12O4/c1-5-2-3-8-9-4-6(5)10-7/h5-7H,2-4H2,1H3. The van der Waals surface area contributed by atoms with Crippen LogP contribution >= 0.6 is 0 Å². The summed E-state index contributed by atoms with van der Waals surface area (Å²) in [6, 6.07) is 0. The first-order valence-electron chi connectivity index (χ1n) is 3.39. The van der Waals surface area contributed by atoms with E-state index >= 15 is 0 Å². The van der Waals surface area contributed by atoms with Crippen molar-refractivity contribution in [1.29, 1.82) is 0 Å². The summed E-state index contributed by atoms with van der Waals surface area (Å²) < 4.78 is 0. The van der Waals surface area contributed by atoms with E-state index in [2.05, 4.69) is 9.78 Å². The zero-order chi connectivity index (χ0) is 7.40. The third-order valence-electron chi connectivity index (χ3n) is 1.74. The molecule has 1 aliphatic heterocycles. The van der Waals surface area contributed by atoms with E-state index < -0.39 is 0 Å². The SMILES string of the molecule is CC1CCOOCC1OO. The lowest BCUT2D eigenvalue weighted by atomic mass is 10.0. The maximum atomic E-state index is 8.35. The fourth-order valence-corrected chi connectivity index (χ4v) is 0.893. The molecule has 0 aromatic rings. The molecule has 60 valence electrons. The van der Waals surface area contributed by atoms with Crippen LogP contribution in [0.4, 0.5) is 0 Å². The molecule has 0 bridgehead atoms. The average molecular weight is 148 g/mol. The summed E-state index contributed by atoms with van der Waals surface area (Å²) in [5, 5.41) is 8.35. The molecular weight excluding hydrogens is 136 g/mol. The largest absolute Gasteiger partial charge is 0.251 e. The summed E-state index contributed by atoms with van der Waals surface area (Å²) in [6.45, 7) is 2.86. The minimum atomic E-state index is -0.248. The van der Waals surface area contributed by atoms with Crippen molar-refractivity contribution in [3.8, 4) is 0 Å². The zero-order valence-electron chi connectivity index (χ0n) is 5.95. The smallest absolute Gasteiger partial charge is 0.122 e. The predicted octanol–water partition coefficient (Wildman–Crippen LogP) is 0.833. The van der Waals surface area contributed by atoms with Crippen molar-refractivity contribution in [3.05, 3.63) is 0 Å². The van der Waals surface area contributed by atoms with E-state index in [-0.39, 0.29) is 12.0 Å². The van der Waals surface area contributed by atoms with Crippen molar-refractivity contribution in [2.45, 2.75) is 19.4 Å². The third-order valence-corrected chi connectivity index (χ3v) is 1.74. The van der Waals surface area contributed by atoms with Gasteiger partial charge in [0.15, 0.2) is 0 Å². The molecule has 4 heteroatoms. The van der Waals surface area contributed by atoms with Gasteiger partial charge in [-0.2, -0.15) is 0 Å². The van der Waals surface area contributed by atoms with Crippen LogP contribution < -0.4 is 0 Å². The maximum Gasteiger partial charge on any atom is 0.122 e. The first kappa shape index (κ1) is 7.94. The van der Waals surface area contributed by atoms with Gasteiger partial charge in [-0.05, 0) is 12.3 Å². The van der Waals surface area contributed by atoms with Crippen LogP contribution in [0, 0.1) is 5.92 Å². The number of hydrogen-bond acceptors (Lipinski definition) is 4. The zero-order valence-corrected chi connectivity index (χ0v) is 5.95. The van der Waals surface area contributed by atoms with Crippen LogP contribution in [0.3, 0.4) is 0 Å². The highest BCUT2D eigenvalue weighted by Crippen LogP contribution is 2.14. The lowest BCUT2D eigenvalue weighted by Gasteiger charge is -2.14. The van der Waals surface area contributed by atoms with Crippen molar-refractivity contribution in [1.82, 2.24) is 0 Å². The Morgan fingerprint density at radius 3 is 3.00 bits per heavy atom. The Hall–Kier alpha value is -0.160. The molecule has 0 radical (unpaired) electrons. The van der Waals surface area contributed by atoms with Crippen LogP contribution in [0.15, 0.2) is 0 Å². The normalized spacial score (nSPS) is 35.4. The molecule has 1 aliphatic rings. The molecule has 0 aliphatic carbocycles. The Bertz CT molecular complexity index is 95.7. The Kier molecular flexibility index (Phi) is 3.08. The van der Waals surface area contributed by atoms with E-state index in [1.54, 1.807) is 0 Å². The summed E-state index contributed by atoms with van der Waals surface area (Å²) in [4.78, 5) is 13.6. The monoisotopic (exact) mass is 148 g/mol. The van der Waals surface area contributed by atoms with Gasteiger partial charge in [0.25, 0.3) is 0 Å². The van der Waals surface area contributed by atoms with Crippen molar-refractivity contribution >= 4 is 0 Å². The van der Waals surface area contributed by atoms with E-state index in [1.807, 2.05) is 6.92 Å². The Labute approximate surface area is 59.6 Å². The molecule has 0 saturated carbocycles. The first-order chi connectivity index (χ1) is 4.84. The predicted molar refractivity (Wildman–Crippen MR) is 33.2 cm³/mol. The summed E-state index contributed by atoms with van der Waals surface area (Å²) in [5.74, 6) is 0.285. The van der Waals surface area contributed by atoms with Crippen molar-refractivity contribution in [2.75, 3.05) is 13.2 Å². The summed E-state index contributed by atoms with van der Waals surface area (Å²) in [6.07, 6.45) is 0.605. The van der Waals surface area contributed by atoms with Crippen molar-refractivity contribution in [2.24, 2.45) is 5.92 Å². The molecule has 1 saturated heterocycles. The van der Waals surface area contributed by atoms with Gasteiger partial charge >= 0.3 is 0 Å². The lowest BCUT2D eigenvalue weighted by molar-refractivity contribution is -0.338. The van der Waals surface area contributed by atoms with Crippen LogP contribution in [-0.2, 0) is 14.7 Å². The van der Waals surface area contributed by atoms with Gasteiger partial charge in [-0.1, -0.05) is 6.92 Å². The second kappa shape index (κ2) is 3.88. The molecule has 4 nitrogen and oxygen atoms in total. The van der Waals surface area contributed by atoms with E-state index in [1.165, 1.54) is 0 Å². The molecule has 0 aromatic heterocycles. The third kappa shape index (κ3) is 1.91. The van der Waals surface area contributed by atoms with Gasteiger partial charge in [0.2, 0.25) is 0 Å². The fourth-order valence-electron chi connectivity index (χ4n) is 0.893. The van der Waals surface area contributed by atoms with Gasteiger partial charge in [0.1, 0.15) is 12.7 Å². The molecule has 1 N–H and O–H groups in total. The number of rotatable bonds is 1. The van der Waals surface area contributed by atoms with Crippen LogP contribution in [0.5, 0.6) is 0 Å². The van der Waals surface area contributed by atoms with Crippen molar-refractivity contribution in [3.63, 3.8) is 0 Å². The topological polar surface area (TPSA) is 47.9 Å². The molecular formula is C6H12O4. The average Bonchev–Trinajstić information content (AvgIpc) is 2.13. The summed E-state index contributed by atoms with van der Waals surface area (Å²) in [7, 11) is 0. The molecule has 1 heterocycles. The van der Waals surface area contributed by atoms with E-state index in [0.717, 1.165) is 6.42 Å². The van der Waals surface area contributed by atoms with Gasteiger partial charge in [0, 0.05) is 0 Å². The van der Waals surface area contributed by atoms with Gasteiger partial charge in [-0.3, -0.25) is 5.26 Å².